The fraction of sp³-hybridized carbons (Fsp3) is 0.440. The monoisotopic (exact) mass is 425 g/mol. The van der Waals surface area contributed by atoms with Crippen LogP contribution in [0.25, 0.3) is 0 Å². The molecule has 2 aromatic rings. The molecule has 0 unspecified atom stereocenters. The fourth-order valence-corrected chi connectivity index (χ4v) is 3.79. The molecule has 3 amide bonds. The first-order chi connectivity index (χ1) is 14.9. The maximum Gasteiger partial charge on any atom is 0.318 e. The Labute approximate surface area is 184 Å². The molecule has 0 atom stereocenters. The summed E-state index contributed by atoms with van der Waals surface area (Å²) in [5, 5.41) is 2.99. The van der Waals surface area contributed by atoms with Gasteiger partial charge in [-0.15, -0.1) is 0 Å². The van der Waals surface area contributed by atoms with Gasteiger partial charge in [-0.25, -0.2) is 9.18 Å². The van der Waals surface area contributed by atoms with Gasteiger partial charge in [0.05, 0.1) is 0 Å². The number of hydrogen-bond acceptors (Lipinski definition) is 2. The molecular weight excluding hydrogens is 393 g/mol. The van der Waals surface area contributed by atoms with Crippen LogP contribution in [0.3, 0.4) is 0 Å². The van der Waals surface area contributed by atoms with E-state index >= 15 is 0 Å². The number of fused-ring (bicyclic) bond motifs is 1. The van der Waals surface area contributed by atoms with Crippen LogP contribution < -0.4 is 5.32 Å². The average molecular weight is 426 g/mol. The van der Waals surface area contributed by atoms with Gasteiger partial charge < -0.3 is 15.1 Å². The zero-order valence-corrected chi connectivity index (χ0v) is 18.4. The van der Waals surface area contributed by atoms with Crippen LogP contribution in [0.4, 0.5) is 9.18 Å². The molecule has 0 aliphatic carbocycles. The highest BCUT2D eigenvalue weighted by atomic mass is 19.1. The van der Waals surface area contributed by atoms with Crippen molar-refractivity contribution in [3.63, 3.8) is 0 Å². The Bertz CT molecular complexity index is 858. The normalized spacial score (nSPS) is 12.7. The van der Waals surface area contributed by atoms with E-state index in [1.807, 2.05) is 35.8 Å². The van der Waals surface area contributed by atoms with Gasteiger partial charge in [0.2, 0.25) is 5.91 Å². The summed E-state index contributed by atoms with van der Waals surface area (Å²) in [6.07, 6.45) is 2.08. The molecule has 5 nitrogen and oxygen atoms in total. The molecule has 6 heteroatoms. The van der Waals surface area contributed by atoms with Crippen LogP contribution in [0.1, 0.15) is 49.8 Å². The molecule has 0 spiro atoms. The highest BCUT2D eigenvalue weighted by molar-refractivity contribution is 5.76. The van der Waals surface area contributed by atoms with E-state index in [-0.39, 0.29) is 23.7 Å². The summed E-state index contributed by atoms with van der Waals surface area (Å²) in [7, 11) is 0. The maximum atomic E-state index is 13.2. The summed E-state index contributed by atoms with van der Waals surface area (Å²) in [5.41, 5.74) is 3.33. The number of carbonyl (C=O) groups excluding carboxylic acids is 2. The van der Waals surface area contributed by atoms with Gasteiger partial charge in [-0.3, -0.25) is 4.79 Å². The Morgan fingerprint density at radius 2 is 1.68 bits per heavy atom. The first kappa shape index (κ1) is 22.8. The molecule has 166 valence electrons. The number of unbranched alkanes of at least 4 members (excludes halogenated alkanes) is 1. The van der Waals surface area contributed by atoms with Crippen molar-refractivity contribution >= 4 is 11.9 Å². The van der Waals surface area contributed by atoms with Crippen LogP contribution in [-0.2, 0) is 24.4 Å². The first-order valence-corrected chi connectivity index (χ1v) is 11.0. The minimum Gasteiger partial charge on any atom is -0.338 e. The van der Waals surface area contributed by atoms with Crippen molar-refractivity contribution in [1.82, 2.24) is 15.1 Å². The van der Waals surface area contributed by atoms with Gasteiger partial charge in [-0.05, 0) is 47.6 Å². The lowest BCUT2D eigenvalue weighted by Crippen LogP contribution is -2.37. The second-order valence-corrected chi connectivity index (χ2v) is 8.60. The van der Waals surface area contributed by atoms with Crippen molar-refractivity contribution in [3.05, 3.63) is 71.0 Å². The Morgan fingerprint density at radius 3 is 2.29 bits per heavy atom. The number of carbonyl (C=O) groups is 2. The highest BCUT2D eigenvalue weighted by Gasteiger charge is 2.22. The summed E-state index contributed by atoms with van der Waals surface area (Å²) in [6, 6.07) is 14.4. The van der Waals surface area contributed by atoms with Gasteiger partial charge in [0, 0.05) is 39.1 Å². The number of benzene rings is 2. The van der Waals surface area contributed by atoms with E-state index < -0.39 is 0 Å². The van der Waals surface area contributed by atoms with Crippen molar-refractivity contribution in [2.45, 2.75) is 52.7 Å². The largest absolute Gasteiger partial charge is 0.338 e. The van der Waals surface area contributed by atoms with Crippen molar-refractivity contribution in [1.29, 1.82) is 0 Å². The van der Waals surface area contributed by atoms with Gasteiger partial charge in [0.25, 0.3) is 0 Å². The number of nitrogens with zero attached hydrogens (tertiary/aromatic N) is 2. The number of halogens is 1. The topological polar surface area (TPSA) is 52.7 Å². The van der Waals surface area contributed by atoms with Gasteiger partial charge in [-0.2, -0.15) is 0 Å². The zero-order valence-electron chi connectivity index (χ0n) is 18.4. The van der Waals surface area contributed by atoms with Gasteiger partial charge in [0.1, 0.15) is 5.82 Å². The lowest BCUT2D eigenvalue weighted by Gasteiger charge is -2.24. The molecule has 0 aromatic heterocycles. The third-order valence-electron chi connectivity index (χ3n) is 5.48. The SMILES string of the molecule is CC(C)CC(=O)N(CCCCNC(=O)N1Cc2ccccc2C1)Cc1ccc(F)cc1. The second-order valence-electron chi connectivity index (χ2n) is 8.60. The number of nitrogens with one attached hydrogen (secondary N) is 1. The summed E-state index contributed by atoms with van der Waals surface area (Å²) < 4.78 is 13.2. The summed E-state index contributed by atoms with van der Waals surface area (Å²) >= 11 is 0. The highest BCUT2D eigenvalue weighted by Crippen LogP contribution is 2.22. The molecule has 0 saturated heterocycles. The third-order valence-corrected chi connectivity index (χ3v) is 5.48. The summed E-state index contributed by atoms with van der Waals surface area (Å²) in [4.78, 5) is 28.7. The molecule has 31 heavy (non-hydrogen) atoms. The predicted octanol–water partition coefficient (Wildman–Crippen LogP) is 4.71. The molecule has 0 saturated carbocycles. The van der Waals surface area contributed by atoms with Crippen LogP contribution in [0.2, 0.25) is 0 Å². The maximum absolute atomic E-state index is 13.2. The van der Waals surface area contributed by atoms with E-state index in [1.54, 1.807) is 12.1 Å². The van der Waals surface area contributed by atoms with Crippen molar-refractivity contribution < 1.29 is 14.0 Å². The molecule has 0 bridgehead atoms. The second kappa shape index (κ2) is 10.9. The number of hydrogen-bond donors (Lipinski definition) is 1. The molecule has 1 aliphatic heterocycles. The molecule has 1 aliphatic rings. The molecule has 3 rings (SSSR count). The van der Waals surface area contributed by atoms with E-state index in [0.29, 0.717) is 39.1 Å². The Kier molecular flexibility index (Phi) is 8.04. The van der Waals surface area contributed by atoms with Crippen LogP contribution in [0.5, 0.6) is 0 Å². The summed E-state index contributed by atoms with van der Waals surface area (Å²) in [6.45, 7) is 7.03. The van der Waals surface area contributed by atoms with Crippen LogP contribution >= 0.6 is 0 Å². The van der Waals surface area contributed by atoms with E-state index in [4.69, 9.17) is 0 Å². The van der Waals surface area contributed by atoms with Crippen LogP contribution in [0.15, 0.2) is 48.5 Å². The number of rotatable bonds is 9. The Balaban J connectivity index is 1.42. The van der Waals surface area contributed by atoms with E-state index in [9.17, 15) is 14.0 Å². The van der Waals surface area contributed by atoms with E-state index in [0.717, 1.165) is 18.4 Å². The third kappa shape index (κ3) is 6.81. The van der Waals surface area contributed by atoms with Crippen molar-refractivity contribution in [2.24, 2.45) is 5.92 Å². The standard InChI is InChI=1S/C25H32FN3O2/c1-19(2)15-24(30)28(16-20-9-11-23(26)12-10-20)14-6-5-13-27-25(31)29-17-21-7-3-4-8-22(21)18-29/h3-4,7-12,19H,5-6,13-18H2,1-2H3,(H,27,31). The summed E-state index contributed by atoms with van der Waals surface area (Å²) in [5.74, 6) is 0.117. The van der Waals surface area contributed by atoms with Crippen molar-refractivity contribution in [3.8, 4) is 0 Å². The van der Waals surface area contributed by atoms with Gasteiger partial charge >= 0.3 is 6.03 Å². The average Bonchev–Trinajstić information content (AvgIpc) is 3.18. The number of urea groups is 1. The van der Waals surface area contributed by atoms with E-state index in [1.165, 1.54) is 23.3 Å². The molecule has 2 aromatic carbocycles. The zero-order chi connectivity index (χ0) is 22.2. The first-order valence-electron chi connectivity index (χ1n) is 11.0. The van der Waals surface area contributed by atoms with Crippen molar-refractivity contribution in [2.75, 3.05) is 13.1 Å². The minimum atomic E-state index is -0.277. The molecular formula is C25H32FN3O2. The predicted molar refractivity (Wildman–Crippen MR) is 120 cm³/mol. The van der Waals surface area contributed by atoms with Gasteiger partial charge in [-0.1, -0.05) is 50.2 Å². The fourth-order valence-electron chi connectivity index (χ4n) is 3.79. The minimum absolute atomic E-state index is 0.0461. The molecule has 1 N–H and O–H groups in total. The van der Waals surface area contributed by atoms with Crippen LogP contribution in [-0.4, -0.2) is 34.8 Å². The lowest BCUT2D eigenvalue weighted by atomic mass is 10.1. The lowest BCUT2D eigenvalue weighted by molar-refractivity contribution is -0.132. The van der Waals surface area contributed by atoms with E-state index in [2.05, 4.69) is 17.4 Å². The smallest absolute Gasteiger partial charge is 0.318 e. The quantitative estimate of drug-likeness (QED) is 0.592. The molecule has 0 radical (unpaired) electrons. The number of amides is 3. The Morgan fingerprint density at radius 1 is 1.03 bits per heavy atom. The molecule has 1 heterocycles. The molecule has 0 fully saturated rings. The van der Waals surface area contributed by atoms with Gasteiger partial charge in [0.15, 0.2) is 0 Å². The van der Waals surface area contributed by atoms with Crippen LogP contribution in [0, 0.1) is 11.7 Å². The Hall–Kier alpha value is -2.89.